The van der Waals surface area contributed by atoms with E-state index in [0.717, 1.165) is 22.2 Å². The molecule has 0 aliphatic carbocycles. The van der Waals surface area contributed by atoms with E-state index in [1.807, 2.05) is 31.2 Å². The van der Waals surface area contributed by atoms with Crippen LogP contribution in [0.5, 0.6) is 0 Å². The molecule has 1 heterocycles. The number of H-pyrrole nitrogens is 1. The van der Waals surface area contributed by atoms with Gasteiger partial charge in [-0.05, 0) is 18.6 Å². The Balaban J connectivity index is 2.36. The Kier molecular flexibility index (Phi) is 2.73. The van der Waals surface area contributed by atoms with E-state index in [2.05, 4.69) is 4.98 Å². The van der Waals surface area contributed by atoms with Gasteiger partial charge in [0.05, 0.1) is 0 Å². The van der Waals surface area contributed by atoms with Crippen molar-refractivity contribution in [2.24, 2.45) is 0 Å². The number of nitrogens with one attached hydrogen (secondary N) is 2. The monoisotopic (exact) mass is 206 g/mol. The van der Waals surface area contributed by atoms with Crippen molar-refractivity contribution in [3.05, 3.63) is 40.7 Å². The highest BCUT2D eigenvalue weighted by Gasteiger charge is 2.08. The van der Waals surface area contributed by atoms with Crippen LogP contribution < -0.4 is 5.23 Å². The predicted octanol–water partition coefficient (Wildman–Crippen LogP) is 0.791. The molecule has 4 nitrogen and oxygen atoms in total. The van der Waals surface area contributed by atoms with Crippen molar-refractivity contribution < 1.29 is 10.4 Å². The Labute approximate surface area is 87.7 Å². The summed E-state index contributed by atoms with van der Waals surface area (Å²) in [7, 11) is 0. The first-order chi connectivity index (χ1) is 7.18. The molecule has 4 heteroatoms. The molecule has 1 aromatic heterocycles. The third kappa shape index (κ3) is 2.02. The Bertz CT molecular complexity index is 463. The first kappa shape index (κ1) is 10.2. The average molecular weight is 206 g/mol. The number of aromatic amines is 1. The summed E-state index contributed by atoms with van der Waals surface area (Å²) in [5.74, 6) is 0. The molecular formula is C11H14N2O2. The van der Waals surface area contributed by atoms with Gasteiger partial charge in [0.25, 0.3) is 0 Å². The molecule has 1 atom stereocenters. The third-order valence-corrected chi connectivity index (χ3v) is 2.62. The Morgan fingerprint density at radius 1 is 1.40 bits per heavy atom. The highest BCUT2D eigenvalue weighted by atomic mass is 16.8. The maximum Gasteiger partial charge on any atom is 0.111 e. The zero-order valence-corrected chi connectivity index (χ0v) is 8.58. The van der Waals surface area contributed by atoms with E-state index in [-0.39, 0.29) is 6.54 Å². The van der Waals surface area contributed by atoms with Gasteiger partial charge in [-0.1, -0.05) is 18.2 Å². The van der Waals surface area contributed by atoms with Gasteiger partial charge in [-0.25, -0.2) is 10.4 Å². The third-order valence-electron chi connectivity index (χ3n) is 2.62. The number of quaternary nitrogens is 1. The summed E-state index contributed by atoms with van der Waals surface area (Å²) in [5.41, 5.74) is 3.26. The first-order valence-corrected chi connectivity index (χ1v) is 4.96. The second kappa shape index (κ2) is 4.02. The van der Waals surface area contributed by atoms with E-state index in [1.54, 1.807) is 0 Å². The molecule has 0 amide bonds. The largest absolute Gasteiger partial charge is 0.600 e. The van der Waals surface area contributed by atoms with Crippen LogP contribution in [0, 0.1) is 12.1 Å². The van der Waals surface area contributed by atoms with Gasteiger partial charge in [0, 0.05) is 23.0 Å². The predicted molar refractivity (Wildman–Crippen MR) is 57.7 cm³/mol. The van der Waals surface area contributed by atoms with Gasteiger partial charge in [0.2, 0.25) is 0 Å². The van der Waals surface area contributed by atoms with Crippen LogP contribution >= 0.6 is 0 Å². The van der Waals surface area contributed by atoms with E-state index >= 15 is 0 Å². The summed E-state index contributed by atoms with van der Waals surface area (Å²) >= 11 is 0. The number of aromatic nitrogens is 1. The van der Waals surface area contributed by atoms with Crippen LogP contribution in [0.15, 0.2) is 24.3 Å². The van der Waals surface area contributed by atoms with Crippen molar-refractivity contribution in [2.75, 3.05) is 6.54 Å². The molecule has 0 aliphatic rings. The molecule has 1 aromatic carbocycles. The molecule has 2 aromatic rings. The highest BCUT2D eigenvalue weighted by Crippen LogP contribution is 2.21. The second-order valence-corrected chi connectivity index (χ2v) is 3.67. The minimum absolute atomic E-state index is 0.183. The van der Waals surface area contributed by atoms with E-state index in [1.165, 1.54) is 0 Å². The second-order valence-electron chi connectivity index (χ2n) is 3.67. The van der Waals surface area contributed by atoms with Gasteiger partial charge in [0.15, 0.2) is 0 Å². The molecule has 80 valence electrons. The van der Waals surface area contributed by atoms with E-state index < -0.39 is 5.23 Å². The summed E-state index contributed by atoms with van der Waals surface area (Å²) < 4.78 is 0. The normalized spacial score (nSPS) is 13.3. The number of hydrogen-bond acceptors (Lipinski definition) is 2. The summed E-state index contributed by atoms with van der Waals surface area (Å²) in [6, 6.07) is 7.97. The lowest BCUT2D eigenvalue weighted by Crippen LogP contribution is -3.04. The smallest absolute Gasteiger partial charge is 0.111 e. The number of hydroxylamine groups is 2. The number of para-hydroxylation sites is 1. The zero-order valence-electron chi connectivity index (χ0n) is 8.58. The zero-order chi connectivity index (χ0) is 10.8. The molecular weight excluding hydrogens is 192 g/mol. The molecule has 0 aliphatic heterocycles. The Morgan fingerprint density at radius 3 is 2.87 bits per heavy atom. The van der Waals surface area contributed by atoms with Crippen LogP contribution in [-0.4, -0.2) is 16.7 Å². The lowest BCUT2D eigenvalue weighted by atomic mass is 10.1. The van der Waals surface area contributed by atoms with Crippen molar-refractivity contribution in [3.63, 3.8) is 0 Å². The fourth-order valence-corrected chi connectivity index (χ4v) is 1.89. The molecule has 15 heavy (non-hydrogen) atoms. The Hall–Kier alpha value is -1.36. The van der Waals surface area contributed by atoms with Gasteiger partial charge in [-0.15, -0.1) is 0 Å². The van der Waals surface area contributed by atoms with Crippen LogP contribution in [0.3, 0.4) is 0 Å². The van der Waals surface area contributed by atoms with Crippen molar-refractivity contribution >= 4 is 10.9 Å². The van der Waals surface area contributed by atoms with Crippen LogP contribution in [0.25, 0.3) is 10.9 Å². The topological polar surface area (TPSA) is 63.5 Å². The molecule has 0 spiro atoms. The van der Waals surface area contributed by atoms with Crippen LogP contribution in [-0.2, 0) is 6.42 Å². The quantitative estimate of drug-likeness (QED) is 0.650. The summed E-state index contributed by atoms with van der Waals surface area (Å²) in [5, 5.41) is 19.6. The fourth-order valence-electron chi connectivity index (χ4n) is 1.89. The van der Waals surface area contributed by atoms with Gasteiger partial charge in [-0.3, -0.25) is 0 Å². The molecule has 0 bridgehead atoms. The van der Waals surface area contributed by atoms with E-state index in [4.69, 9.17) is 5.21 Å². The standard InChI is InChI=1S/C11H14N2O2/c1-8-9(6-7-13(14)15)10-4-2-3-5-11(10)12-8/h2-5,12-14H,6-7H2,1H3. The summed E-state index contributed by atoms with van der Waals surface area (Å²) in [6.45, 7) is 2.17. The molecule has 0 radical (unpaired) electrons. The summed E-state index contributed by atoms with van der Waals surface area (Å²) in [6.07, 6.45) is 0.588. The Morgan fingerprint density at radius 2 is 2.13 bits per heavy atom. The van der Waals surface area contributed by atoms with Gasteiger partial charge in [0.1, 0.15) is 6.54 Å². The van der Waals surface area contributed by atoms with Crippen molar-refractivity contribution in [3.8, 4) is 0 Å². The average Bonchev–Trinajstić information content (AvgIpc) is 2.50. The molecule has 0 fully saturated rings. The van der Waals surface area contributed by atoms with Crippen LogP contribution in [0.4, 0.5) is 0 Å². The van der Waals surface area contributed by atoms with Gasteiger partial charge >= 0.3 is 0 Å². The van der Waals surface area contributed by atoms with Gasteiger partial charge < -0.3 is 10.2 Å². The molecule has 0 saturated carbocycles. The molecule has 1 unspecified atom stereocenters. The summed E-state index contributed by atoms with van der Waals surface area (Å²) in [4.78, 5) is 3.26. The van der Waals surface area contributed by atoms with Crippen LogP contribution in [0.2, 0.25) is 0 Å². The van der Waals surface area contributed by atoms with Gasteiger partial charge in [-0.2, -0.15) is 0 Å². The SMILES string of the molecule is Cc1[nH]c2ccccc2c1CC[NH+]([O-])O. The number of hydrogen-bond donors (Lipinski definition) is 3. The first-order valence-electron chi connectivity index (χ1n) is 4.96. The lowest BCUT2D eigenvalue weighted by molar-refractivity contribution is -1.05. The molecule has 2 rings (SSSR count). The number of fused-ring (bicyclic) bond motifs is 1. The fraction of sp³-hybridized carbons (Fsp3) is 0.273. The van der Waals surface area contributed by atoms with Crippen molar-refractivity contribution in [1.82, 2.24) is 4.98 Å². The van der Waals surface area contributed by atoms with E-state index in [9.17, 15) is 5.21 Å². The lowest BCUT2D eigenvalue weighted by Gasteiger charge is -2.11. The minimum Gasteiger partial charge on any atom is -0.600 e. The van der Waals surface area contributed by atoms with Crippen molar-refractivity contribution in [1.29, 1.82) is 0 Å². The maximum absolute atomic E-state index is 10.5. The highest BCUT2D eigenvalue weighted by molar-refractivity contribution is 5.84. The number of aryl methyl sites for hydroxylation is 1. The number of rotatable bonds is 3. The maximum atomic E-state index is 10.5. The minimum atomic E-state index is -0.750. The van der Waals surface area contributed by atoms with Crippen molar-refractivity contribution in [2.45, 2.75) is 13.3 Å². The number of benzene rings is 1. The van der Waals surface area contributed by atoms with Crippen LogP contribution in [0.1, 0.15) is 11.3 Å². The molecule has 0 saturated heterocycles. The van der Waals surface area contributed by atoms with E-state index in [0.29, 0.717) is 6.42 Å². The molecule has 3 N–H and O–H groups in total.